The van der Waals surface area contributed by atoms with Crippen molar-refractivity contribution in [2.24, 2.45) is 0 Å². The van der Waals surface area contributed by atoms with E-state index in [1.54, 1.807) is 11.0 Å². The fourth-order valence-corrected chi connectivity index (χ4v) is 2.36. The maximum absolute atomic E-state index is 11.4. The molecule has 0 radical (unpaired) electrons. The fourth-order valence-electron chi connectivity index (χ4n) is 2.18. The van der Waals surface area contributed by atoms with E-state index >= 15 is 0 Å². The van der Waals surface area contributed by atoms with Crippen LogP contribution in [0.25, 0.3) is 0 Å². The van der Waals surface area contributed by atoms with E-state index in [4.69, 9.17) is 21.7 Å². The molecule has 1 saturated heterocycles. The average Bonchev–Trinajstić information content (AvgIpc) is 2.49. The molecule has 5 nitrogen and oxygen atoms in total. The van der Waals surface area contributed by atoms with E-state index in [1.807, 2.05) is 18.2 Å². The first-order chi connectivity index (χ1) is 9.61. The van der Waals surface area contributed by atoms with Crippen molar-refractivity contribution < 1.29 is 9.53 Å². The number of nitrogens with zero attached hydrogens (tertiary/aromatic N) is 1. The number of benzene rings is 1. The molecule has 1 aromatic rings. The monoisotopic (exact) mass is 295 g/mol. The van der Waals surface area contributed by atoms with Gasteiger partial charge in [0.25, 0.3) is 5.91 Å². The van der Waals surface area contributed by atoms with Gasteiger partial charge in [-0.25, -0.2) is 0 Å². The van der Waals surface area contributed by atoms with Crippen LogP contribution in [0.4, 0.5) is 0 Å². The smallest absolute Gasteiger partial charge is 0.286 e. The second-order valence-corrected chi connectivity index (χ2v) is 5.07. The molecule has 2 N–H and O–H groups in total. The molecule has 1 amide bonds. The van der Waals surface area contributed by atoms with Crippen molar-refractivity contribution in [1.82, 2.24) is 10.2 Å². The first-order valence-electron chi connectivity index (χ1n) is 6.58. The van der Waals surface area contributed by atoms with Crippen molar-refractivity contribution in [3.8, 4) is 5.75 Å². The van der Waals surface area contributed by atoms with Gasteiger partial charge in [0, 0.05) is 33.0 Å². The molecular weight excluding hydrogens is 278 g/mol. The van der Waals surface area contributed by atoms with Crippen LogP contribution < -0.4 is 10.1 Å². The number of likely N-dealkylation sites (N-methyl/N-ethyl adjacent to an activating group) is 1. The Balaban J connectivity index is 1.87. The van der Waals surface area contributed by atoms with Crippen LogP contribution in [0, 0.1) is 5.41 Å². The molecule has 1 aliphatic rings. The van der Waals surface area contributed by atoms with Crippen molar-refractivity contribution in [2.75, 3.05) is 20.1 Å². The molecule has 0 saturated carbocycles. The Labute approximate surface area is 123 Å². The molecular formula is C14H18ClN3O2. The summed E-state index contributed by atoms with van der Waals surface area (Å²) in [5.74, 6) is 0.355. The standard InChI is InChI=1S/C14H18ClN3O2/c1-17-14(19)13(16)18-8-6-10(7-9-18)20-12-5-3-2-4-11(12)15/h2-5,10,16H,6-9H2,1H3,(H,17,19). The normalized spacial score (nSPS) is 15.8. The molecule has 1 heterocycles. The second kappa shape index (κ2) is 6.61. The first kappa shape index (κ1) is 14.7. The highest BCUT2D eigenvalue weighted by Gasteiger charge is 2.25. The number of nitrogens with one attached hydrogen (secondary N) is 2. The van der Waals surface area contributed by atoms with E-state index in [9.17, 15) is 4.79 Å². The number of amidine groups is 1. The summed E-state index contributed by atoms with van der Waals surface area (Å²) in [5, 5.41) is 10.8. The third-order valence-corrected chi connectivity index (χ3v) is 3.64. The minimum absolute atomic E-state index is 0.0173. The summed E-state index contributed by atoms with van der Waals surface area (Å²) in [6, 6.07) is 7.40. The van der Waals surface area contributed by atoms with Gasteiger partial charge in [0.1, 0.15) is 11.9 Å². The molecule has 108 valence electrons. The minimum atomic E-state index is -0.351. The lowest BCUT2D eigenvalue weighted by Gasteiger charge is -2.33. The third-order valence-electron chi connectivity index (χ3n) is 3.33. The molecule has 2 rings (SSSR count). The van der Waals surface area contributed by atoms with Crippen molar-refractivity contribution in [2.45, 2.75) is 18.9 Å². The molecule has 6 heteroatoms. The summed E-state index contributed by atoms with van der Waals surface area (Å²) >= 11 is 6.06. The molecule has 1 aliphatic heterocycles. The second-order valence-electron chi connectivity index (χ2n) is 4.66. The van der Waals surface area contributed by atoms with E-state index < -0.39 is 0 Å². The van der Waals surface area contributed by atoms with E-state index in [1.165, 1.54) is 7.05 Å². The number of para-hydroxylation sites is 1. The Morgan fingerprint density at radius 2 is 2.05 bits per heavy atom. The van der Waals surface area contributed by atoms with Gasteiger partial charge in [0.05, 0.1) is 5.02 Å². The Kier molecular flexibility index (Phi) is 4.84. The largest absolute Gasteiger partial charge is 0.489 e. The van der Waals surface area contributed by atoms with Crippen molar-refractivity contribution in [3.05, 3.63) is 29.3 Å². The Bertz CT molecular complexity index is 499. The van der Waals surface area contributed by atoms with Crippen LogP contribution >= 0.6 is 11.6 Å². The number of carbonyl (C=O) groups excluding carboxylic acids is 1. The number of piperidine rings is 1. The van der Waals surface area contributed by atoms with Gasteiger partial charge < -0.3 is 15.0 Å². The number of halogens is 1. The van der Waals surface area contributed by atoms with Crippen LogP contribution in [0.15, 0.2) is 24.3 Å². The van der Waals surface area contributed by atoms with E-state index in [0.717, 1.165) is 12.8 Å². The summed E-state index contributed by atoms with van der Waals surface area (Å²) in [6.07, 6.45) is 1.61. The predicted molar refractivity (Wildman–Crippen MR) is 78.5 cm³/mol. The zero-order valence-electron chi connectivity index (χ0n) is 11.4. The van der Waals surface area contributed by atoms with Gasteiger partial charge in [0.2, 0.25) is 0 Å². The molecule has 0 atom stereocenters. The highest BCUT2D eigenvalue weighted by molar-refractivity contribution is 6.36. The Morgan fingerprint density at radius 3 is 2.65 bits per heavy atom. The summed E-state index contributed by atoms with van der Waals surface area (Å²) in [4.78, 5) is 13.2. The molecule has 0 unspecified atom stereocenters. The van der Waals surface area contributed by atoms with Gasteiger partial charge in [-0.1, -0.05) is 23.7 Å². The number of hydrogen-bond acceptors (Lipinski definition) is 3. The minimum Gasteiger partial charge on any atom is -0.489 e. The summed E-state index contributed by atoms with van der Waals surface area (Å²) in [5.41, 5.74) is 0. The Hall–Kier alpha value is -1.75. The molecule has 0 bridgehead atoms. The fraction of sp³-hybridized carbons (Fsp3) is 0.429. The summed E-state index contributed by atoms with van der Waals surface area (Å²) in [6.45, 7) is 1.28. The molecule has 0 spiro atoms. The van der Waals surface area contributed by atoms with Gasteiger partial charge in [0.15, 0.2) is 5.84 Å². The Morgan fingerprint density at radius 1 is 1.40 bits per heavy atom. The highest BCUT2D eigenvalue weighted by Crippen LogP contribution is 2.26. The van der Waals surface area contributed by atoms with Crippen LogP contribution in [0.2, 0.25) is 5.02 Å². The lowest BCUT2D eigenvalue weighted by atomic mass is 10.1. The van der Waals surface area contributed by atoms with Gasteiger partial charge >= 0.3 is 0 Å². The van der Waals surface area contributed by atoms with E-state index in [-0.39, 0.29) is 17.8 Å². The van der Waals surface area contributed by atoms with Crippen molar-refractivity contribution in [3.63, 3.8) is 0 Å². The number of carbonyl (C=O) groups is 1. The average molecular weight is 296 g/mol. The number of ether oxygens (including phenoxy) is 1. The zero-order valence-corrected chi connectivity index (χ0v) is 12.1. The summed E-state index contributed by atoms with van der Waals surface area (Å²) < 4.78 is 5.87. The van der Waals surface area contributed by atoms with Gasteiger partial charge in [-0.3, -0.25) is 10.2 Å². The number of hydrogen-bond donors (Lipinski definition) is 2. The maximum atomic E-state index is 11.4. The van der Waals surface area contributed by atoms with E-state index in [0.29, 0.717) is 23.9 Å². The lowest BCUT2D eigenvalue weighted by molar-refractivity contribution is -0.115. The van der Waals surface area contributed by atoms with Gasteiger partial charge in [-0.15, -0.1) is 0 Å². The van der Waals surface area contributed by atoms with Gasteiger partial charge in [-0.2, -0.15) is 0 Å². The SMILES string of the molecule is CNC(=O)C(=N)N1CCC(Oc2ccccc2Cl)CC1. The molecule has 0 aliphatic carbocycles. The number of amides is 1. The maximum Gasteiger partial charge on any atom is 0.286 e. The molecule has 1 aromatic carbocycles. The predicted octanol–water partition coefficient (Wildman–Crippen LogP) is 1.91. The van der Waals surface area contributed by atoms with Gasteiger partial charge in [-0.05, 0) is 12.1 Å². The quantitative estimate of drug-likeness (QED) is 0.647. The van der Waals surface area contributed by atoms with Crippen LogP contribution in [0.5, 0.6) is 5.75 Å². The van der Waals surface area contributed by atoms with Crippen LogP contribution in [0.3, 0.4) is 0 Å². The van der Waals surface area contributed by atoms with Crippen molar-refractivity contribution >= 4 is 23.3 Å². The number of likely N-dealkylation sites (tertiary alicyclic amines) is 1. The first-order valence-corrected chi connectivity index (χ1v) is 6.96. The topological polar surface area (TPSA) is 65.4 Å². The molecule has 20 heavy (non-hydrogen) atoms. The summed E-state index contributed by atoms with van der Waals surface area (Å²) in [7, 11) is 1.53. The van der Waals surface area contributed by atoms with Crippen LogP contribution in [0.1, 0.15) is 12.8 Å². The molecule has 1 fully saturated rings. The third kappa shape index (κ3) is 3.42. The molecule has 0 aromatic heterocycles. The lowest BCUT2D eigenvalue weighted by Crippen LogP contribution is -2.47. The number of rotatable bonds is 2. The van der Waals surface area contributed by atoms with Crippen LogP contribution in [-0.2, 0) is 4.79 Å². The highest BCUT2D eigenvalue weighted by atomic mass is 35.5. The zero-order chi connectivity index (χ0) is 14.5. The van der Waals surface area contributed by atoms with Crippen molar-refractivity contribution in [1.29, 1.82) is 5.41 Å². The van der Waals surface area contributed by atoms with Crippen LogP contribution in [-0.4, -0.2) is 42.9 Å². The van der Waals surface area contributed by atoms with E-state index in [2.05, 4.69) is 5.32 Å².